The molecule has 0 aromatic heterocycles. The fourth-order valence-corrected chi connectivity index (χ4v) is 2.48. The van der Waals surface area contributed by atoms with Gasteiger partial charge in [-0.2, -0.15) is 0 Å². The molecule has 0 aliphatic carbocycles. The number of nitrogens with zero attached hydrogens (tertiary/aromatic N) is 1. The molecule has 13 heavy (non-hydrogen) atoms. The average molecular weight is 183 g/mol. The summed E-state index contributed by atoms with van der Waals surface area (Å²) in [6, 6.07) is 0.843. The number of rotatable bonds is 2. The summed E-state index contributed by atoms with van der Waals surface area (Å²) >= 11 is 0. The van der Waals surface area contributed by atoms with Crippen LogP contribution in [-0.4, -0.2) is 24.0 Å². The van der Waals surface area contributed by atoms with E-state index in [1.807, 2.05) is 0 Å². The molecule has 1 fully saturated rings. The summed E-state index contributed by atoms with van der Waals surface area (Å²) in [7, 11) is 0. The molecule has 2 unspecified atom stereocenters. The predicted octanol–water partition coefficient (Wildman–Crippen LogP) is 3.15. The largest absolute Gasteiger partial charge is 0.300 e. The molecule has 1 nitrogen and oxygen atoms in total. The third-order valence-electron chi connectivity index (χ3n) is 3.51. The summed E-state index contributed by atoms with van der Waals surface area (Å²) in [4.78, 5) is 2.67. The molecule has 0 amide bonds. The Labute approximate surface area is 83.5 Å². The maximum absolute atomic E-state index is 2.67. The van der Waals surface area contributed by atoms with Crippen molar-refractivity contribution < 1.29 is 0 Å². The molecule has 0 N–H and O–H groups in total. The van der Waals surface area contributed by atoms with Crippen LogP contribution < -0.4 is 0 Å². The highest BCUT2D eigenvalue weighted by Gasteiger charge is 2.24. The van der Waals surface area contributed by atoms with Crippen molar-refractivity contribution in [3.8, 4) is 0 Å². The van der Waals surface area contributed by atoms with Gasteiger partial charge >= 0.3 is 0 Å². The molecule has 1 heterocycles. The molecule has 2 atom stereocenters. The molecule has 1 saturated heterocycles. The van der Waals surface area contributed by atoms with Crippen molar-refractivity contribution in [1.29, 1.82) is 0 Å². The topological polar surface area (TPSA) is 3.24 Å². The van der Waals surface area contributed by atoms with Gasteiger partial charge in [-0.05, 0) is 44.2 Å². The fourth-order valence-electron chi connectivity index (χ4n) is 2.48. The van der Waals surface area contributed by atoms with Gasteiger partial charge < -0.3 is 4.90 Å². The van der Waals surface area contributed by atoms with Crippen LogP contribution in [0.15, 0.2) is 0 Å². The second-order valence-corrected chi connectivity index (χ2v) is 4.91. The van der Waals surface area contributed by atoms with Crippen molar-refractivity contribution in [2.24, 2.45) is 11.8 Å². The zero-order valence-electron chi connectivity index (χ0n) is 9.71. The van der Waals surface area contributed by atoms with Crippen LogP contribution in [0.5, 0.6) is 0 Å². The first-order chi connectivity index (χ1) is 6.15. The van der Waals surface area contributed by atoms with Gasteiger partial charge in [0.2, 0.25) is 0 Å². The molecule has 0 spiro atoms. The Hall–Kier alpha value is -0.0400. The molecule has 0 aromatic rings. The second-order valence-electron chi connectivity index (χ2n) is 4.91. The van der Waals surface area contributed by atoms with Gasteiger partial charge in [0.1, 0.15) is 0 Å². The highest BCUT2D eigenvalue weighted by molar-refractivity contribution is 4.78. The minimum atomic E-state index is 0.824. The van der Waals surface area contributed by atoms with Crippen LogP contribution in [0.25, 0.3) is 0 Å². The van der Waals surface area contributed by atoms with Crippen LogP contribution in [0.1, 0.15) is 47.0 Å². The molecular weight excluding hydrogens is 158 g/mol. The van der Waals surface area contributed by atoms with E-state index < -0.39 is 0 Å². The summed E-state index contributed by atoms with van der Waals surface area (Å²) in [5, 5.41) is 0. The molecule has 78 valence electrons. The van der Waals surface area contributed by atoms with E-state index in [4.69, 9.17) is 0 Å². The zero-order chi connectivity index (χ0) is 9.84. The minimum Gasteiger partial charge on any atom is -0.300 e. The van der Waals surface area contributed by atoms with Gasteiger partial charge in [-0.15, -0.1) is 0 Å². The van der Waals surface area contributed by atoms with E-state index in [-0.39, 0.29) is 0 Å². The lowest BCUT2D eigenvalue weighted by atomic mass is 9.95. The van der Waals surface area contributed by atoms with Gasteiger partial charge in [-0.3, -0.25) is 0 Å². The van der Waals surface area contributed by atoms with Gasteiger partial charge in [-0.25, -0.2) is 0 Å². The van der Waals surface area contributed by atoms with Crippen molar-refractivity contribution in [3.63, 3.8) is 0 Å². The SMILES string of the molecule is CCN1CCC(C)CCC1C(C)C. The van der Waals surface area contributed by atoms with Crippen molar-refractivity contribution in [2.45, 2.75) is 53.0 Å². The highest BCUT2D eigenvalue weighted by Crippen LogP contribution is 2.25. The maximum atomic E-state index is 2.67. The lowest BCUT2D eigenvalue weighted by molar-refractivity contribution is 0.165. The monoisotopic (exact) mass is 183 g/mol. The van der Waals surface area contributed by atoms with Crippen LogP contribution in [0.2, 0.25) is 0 Å². The Morgan fingerprint density at radius 2 is 1.92 bits per heavy atom. The molecule has 0 aromatic carbocycles. The zero-order valence-corrected chi connectivity index (χ0v) is 9.71. The summed E-state index contributed by atoms with van der Waals surface area (Å²) < 4.78 is 0. The van der Waals surface area contributed by atoms with Crippen LogP contribution in [-0.2, 0) is 0 Å². The van der Waals surface area contributed by atoms with Crippen LogP contribution in [0.3, 0.4) is 0 Å². The standard InChI is InChI=1S/C12H25N/c1-5-13-9-8-11(4)6-7-12(13)10(2)3/h10-12H,5-9H2,1-4H3. The van der Waals surface area contributed by atoms with E-state index >= 15 is 0 Å². The van der Waals surface area contributed by atoms with Gasteiger partial charge in [0, 0.05) is 6.04 Å². The van der Waals surface area contributed by atoms with E-state index in [2.05, 4.69) is 32.6 Å². The first kappa shape index (κ1) is 11.0. The first-order valence-electron chi connectivity index (χ1n) is 5.89. The predicted molar refractivity (Wildman–Crippen MR) is 58.9 cm³/mol. The van der Waals surface area contributed by atoms with Gasteiger partial charge in [0.25, 0.3) is 0 Å². The van der Waals surface area contributed by atoms with Crippen molar-refractivity contribution in [2.75, 3.05) is 13.1 Å². The molecule has 0 saturated carbocycles. The summed E-state index contributed by atoms with van der Waals surface area (Å²) in [5.74, 6) is 1.77. The lowest BCUT2D eigenvalue weighted by Gasteiger charge is -2.31. The smallest absolute Gasteiger partial charge is 0.0118 e. The van der Waals surface area contributed by atoms with E-state index in [0.717, 1.165) is 17.9 Å². The first-order valence-corrected chi connectivity index (χ1v) is 5.89. The van der Waals surface area contributed by atoms with Gasteiger partial charge in [0.05, 0.1) is 0 Å². The third-order valence-corrected chi connectivity index (χ3v) is 3.51. The fraction of sp³-hybridized carbons (Fsp3) is 1.00. The minimum absolute atomic E-state index is 0.824. The molecule has 0 radical (unpaired) electrons. The summed E-state index contributed by atoms with van der Waals surface area (Å²) in [5.41, 5.74) is 0. The third kappa shape index (κ3) is 2.98. The summed E-state index contributed by atoms with van der Waals surface area (Å²) in [6.07, 6.45) is 4.24. The van der Waals surface area contributed by atoms with Gasteiger partial charge in [0.15, 0.2) is 0 Å². The Morgan fingerprint density at radius 1 is 1.23 bits per heavy atom. The second kappa shape index (κ2) is 4.99. The van der Waals surface area contributed by atoms with E-state index in [1.54, 1.807) is 0 Å². The average Bonchev–Trinajstić information content (AvgIpc) is 2.26. The Kier molecular flexibility index (Phi) is 4.24. The number of hydrogen-bond acceptors (Lipinski definition) is 1. The molecular formula is C12H25N. The Bertz CT molecular complexity index is 142. The number of hydrogen-bond donors (Lipinski definition) is 0. The van der Waals surface area contributed by atoms with Gasteiger partial charge in [-0.1, -0.05) is 27.7 Å². The molecule has 1 aliphatic heterocycles. The Balaban J connectivity index is 2.56. The van der Waals surface area contributed by atoms with E-state index in [9.17, 15) is 0 Å². The summed E-state index contributed by atoms with van der Waals surface area (Å²) in [6.45, 7) is 12.0. The molecule has 1 aliphatic rings. The van der Waals surface area contributed by atoms with Crippen LogP contribution >= 0.6 is 0 Å². The van der Waals surface area contributed by atoms with Crippen LogP contribution in [0, 0.1) is 11.8 Å². The quantitative estimate of drug-likeness (QED) is 0.635. The van der Waals surface area contributed by atoms with Crippen molar-refractivity contribution >= 4 is 0 Å². The lowest BCUT2D eigenvalue weighted by Crippen LogP contribution is -2.38. The van der Waals surface area contributed by atoms with E-state index in [0.29, 0.717) is 0 Å². The molecule has 0 bridgehead atoms. The molecule has 1 heteroatoms. The number of likely N-dealkylation sites (tertiary alicyclic amines) is 1. The Morgan fingerprint density at radius 3 is 2.46 bits per heavy atom. The highest BCUT2D eigenvalue weighted by atomic mass is 15.2. The van der Waals surface area contributed by atoms with Crippen molar-refractivity contribution in [1.82, 2.24) is 4.90 Å². The van der Waals surface area contributed by atoms with E-state index in [1.165, 1.54) is 32.4 Å². The molecule has 1 rings (SSSR count). The van der Waals surface area contributed by atoms with Crippen molar-refractivity contribution in [3.05, 3.63) is 0 Å². The normalized spacial score (nSPS) is 32.1. The van der Waals surface area contributed by atoms with Crippen LogP contribution in [0.4, 0.5) is 0 Å². The maximum Gasteiger partial charge on any atom is 0.0118 e.